The van der Waals surface area contributed by atoms with E-state index in [1.807, 2.05) is 30.3 Å². The lowest BCUT2D eigenvalue weighted by atomic mass is 10.0. The van der Waals surface area contributed by atoms with E-state index in [0.717, 1.165) is 17.6 Å². The van der Waals surface area contributed by atoms with E-state index in [-0.39, 0.29) is 0 Å². The first-order valence-electron chi connectivity index (χ1n) is 6.49. The maximum absolute atomic E-state index is 9.87. The lowest BCUT2D eigenvalue weighted by molar-refractivity contribution is -0.675. The standard InChI is InChI=1S/C16H17N2O/c1-13(14-7-3-2-4-8-14)11-17-12-18(19)16-10-6-5-9-15(16)17/h2-10,12-13,19H,11H2,1H3/q+1. The summed E-state index contributed by atoms with van der Waals surface area (Å²) in [6.45, 7) is 3.05. The van der Waals surface area contributed by atoms with Gasteiger partial charge < -0.3 is 5.21 Å². The Labute approximate surface area is 112 Å². The molecule has 0 amide bonds. The zero-order valence-electron chi connectivity index (χ0n) is 10.9. The molecule has 96 valence electrons. The van der Waals surface area contributed by atoms with Gasteiger partial charge in [-0.1, -0.05) is 49.4 Å². The van der Waals surface area contributed by atoms with Crippen LogP contribution in [0.4, 0.5) is 0 Å². The van der Waals surface area contributed by atoms with Crippen molar-refractivity contribution in [3.63, 3.8) is 0 Å². The van der Waals surface area contributed by atoms with Gasteiger partial charge in [-0.25, -0.2) is 4.57 Å². The maximum atomic E-state index is 9.87. The summed E-state index contributed by atoms with van der Waals surface area (Å²) in [4.78, 5) is 0. The van der Waals surface area contributed by atoms with Crippen LogP contribution in [-0.4, -0.2) is 9.94 Å². The van der Waals surface area contributed by atoms with Gasteiger partial charge in [0.05, 0.1) is 6.54 Å². The van der Waals surface area contributed by atoms with Crippen LogP contribution in [0.5, 0.6) is 0 Å². The number of fused-ring (bicyclic) bond motifs is 1. The predicted molar refractivity (Wildman–Crippen MR) is 74.2 cm³/mol. The first kappa shape index (κ1) is 11.8. The fraction of sp³-hybridized carbons (Fsp3) is 0.188. The zero-order chi connectivity index (χ0) is 13.2. The highest BCUT2D eigenvalue weighted by Crippen LogP contribution is 2.16. The number of hydrogen-bond donors (Lipinski definition) is 1. The molecular formula is C16H17N2O+. The van der Waals surface area contributed by atoms with Crippen molar-refractivity contribution in [3.05, 3.63) is 66.5 Å². The van der Waals surface area contributed by atoms with Gasteiger partial charge in [-0.3, -0.25) is 0 Å². The second kappa shape index (κ2) is 4.76. The van der Waals surface area contributed by atoms with E-state index < -0.39 is 0 Å². The molecule has 0 aliphatic rings. The van der Waals surface area contributed by atoms with Gasteiger partial charge in [0, 0.05) is 5.92 Å². The summed E-state index contributed by atoms with van der Waals surface area (Å²) in [6.07, 6.45) is 1.74. The van der Waals surface area contributed by atoms with Crippen LogP contribution in [-0.2, 0) is 6.54 Å². The minimum absolute atomic E-state index is 0.400. The Balaban J connectivity index is 1.94. The smallest absolute Gasteiger partial charge is 0.285 e. The van der Waals surface area contributed by atoms with Gasteiger partial charge in [-0.15, -0.1) is 0 Å². The Bertz CT molecular complexity index is 688. The molecule has 0 fully saturated rings. The molecule has 1 unspecified atom stereocenters. The molecule has 0 aliphatic heterocycles. The SMILES string of the molecule is CC(C[n+]1cn(O)c2ccccc21)c1ccccc1. The summed E-state index contributed by atoms with van der Waals surface area (Å²) >= 11 is 0. The molecule has 3 aromatic rings. The monoisotopic (exact) mass is 253 g/mol. The van der Waals surface area contributed by atoms with Gasteiger partial charge in [-0.2, -0.15) is 0 Å². The quantitative estimate of drug-likeness (QED) is 0.564. The van der Waals surface area contributed by atoms with Crippen LogP contribution in [0.3, 0.4) is 0 Å². The highest BCUT2D eigenvalue weighted by molar-refractivity contribution is 5.71. The van der Waals surface area contributed by atoms with Crippen molar-refractivity contribution in [3.8, 4) is 0 Å². The normalized spacial score (nSPS) is 12.7. The highest BCUT2D eigenvalue weighted by atomic mass is 16.5. The first-order chi connectivity index (χ1) is 9.25. The average Bonchev–Trinajstić information content (AvgIpc) is 2.77. The van der Waals surface area contributed by atoms with E-state index in [9.17, 15) is 5.21 Å². The minimum Gasteiger partial charge on any atom is -0.350 e. The molecule has 3 nitrogen and oxygen atoms in total. The van der Waals surface area contributed by atoms with Gasteiger partial charge in [-0.05, 0) is 22.4 Å². The molecule has 0 saturated carbocycles. The fourth-order valence-electron chi connectivity index (χ4n) is 2.48. The molecule has 1 N–H and O–H groups in total. The van der Waals surface area contributed by atoms with Crippen LogP contribution >= 0.6 is 0 Å². The molecule has 0 radical (unpaired) electrons. The molecule has 1 aromatic heterocycles. The van der Waals surface area contributed by atoms with E-state index in [4.69, 9.17) is 0 Å². The van der Waals surface area contributed by atoms with Crippen LogP contribution in [0, 0.1) is 0 Å². The molecule has 0 bridgehead atoms. The second-order valence-electron chi connectivity index (χ2n) is 4.91. The van der Waals surface area contributed by atoms with Gasteiger partial charge >= 0.3 is 0 Å². The Morgan fingerprint density at radius 2 is 1.74 bits per heavy atom. The van der Waals surface area contributed by atoms with Crippen LogP contribution in [0.2, 0.25) is 0 Å². The van der Waals surface area contributed by atoms with Crippen LogP contribution in [0.1, 0.15) is 18.4 Å². The van der Waals surface area contributed by atoms with Crippen LogP contribution < -0.4 is 4.57 Å². The summed E-state index contributed by atoms with van der Waals surface area (Å²) < 4.78 is 3.28. The Kier molecular flexibility index (Phi) is 2.95. The van der Waals surface area contributed by atoms with Crippen LogP contribution in [0.15, 0.2) is 60.9 Å². The van der Waals surface area contributed by atoms with E-state index >= 15 is 0 Å². The number of hydrogen-bond acceptors (Lipinski definition) is 1. The van der Waals surface area contributed by atoms with E-state index in [0.29, 0.717) is 5.92 Å². The zero-order valence-corrected chi connectivity index (χ0v) is 10.9. The number of rotatable bonds is 3. The molecule has 2 aromatic carbocycles. The molecule has 1 heterocycles. The van der Waals surface area contributed by atoms with Gasteiger partial charge in [0.2, 0.25) is 5.52 Å². The number of imidazole rings is 1. The average molecular weight is 253 g/mol. The molecular weight excluding hydrogens is 236 g/mol. The van der Waals surface area contributed by atoms with E-state index in [1.54, 1.807) is 6.33 Å². The topological polar surface area (TPSA) is 29.0 Å². The van der Waals surface area contributed by atoms with Crippen molar-refractivity contribution in [2.45, 2.75) is 19.4 Å². The van der Waals surface area contributed by atoms with Crippen molar-refractivity contribution < 1.29 is 9.77 Å². The van der Waals surface area contributed by atoms with Gasteiger partial charge in [0.25, 0.3) is 6.33 Å². The van der Waals surface area contributed by atoms with Crippen molar-refractivity contribution >= 4 is 11.0 Å². The molecule has 19 heavy (non-hydrogen) atoms. The molecule has 0 spiro atoms. The Morgan fingerprint density at radius 1 is 1.05 bits per heavy atom. The van der Waals surface area contributed by atoms with Crippen LogP contribution in [0.25, 0.3) is 11.0 Å². The molecule has 1 atom stereocenters. The maximum Gasteiger partial charge on any atom is 0.285 e. The first-order valence-corrected chi connectivity index (χ1v) is 6.49. The lowest BCUT2D eigenvalue weighted by Crippen LogP contribution is -2.34. The largest absolute Gasteiger partial charge is 0.350 e. The van der Waals surface area contributed by atoms with Crippen molar-refractivity contribution in [1.29, 1.82) is 0 Å². The summed E-state index contributed by atoms with van der Waals surface area (Å²) in [7, 11) is 0. The van der Waals surface area contributed by atoms with Crippen molar-refractivity contribution in [2.75, 3.05) is 0 Å². The lowest BCUT2D eigenvalue weighted by Gasteiger charge is -2.09. The Morgan fingerprint density at radius 3 is 2.53 bits per heavy atom. The summed E-state index contributed by atoms with van der Waals surface area (Å²) in [5.74, 6) is 0.400. The number of benzene rings is 2. The van der Waals surface area contributed by atoms with E-state index in [2.05, 4.69) is 35.8 Å². The van der Waals surface area contributed by atoms with Crippen molar-refractivity contribution in [2.24, 2.45) is 0 Å². The summed E-state index contributed by atoms with van der Waals surface area (Å²) in [5.41, 5.74) is 3.19. The van der Waals surface area contributed by atoms with Gasteiger partial charge in [0.1, 0.15) is 0 Å². The highest BCUT2D eigenvalue weighted by Gasteiger charge is 2.17. The summed E-state index contributed by atoms with van der Waals surface area (Å²) in [5, 5.41) is 9.87. The number of aromatic nitrogens is 2. The number of para-hydroxylation sites is 2. The molecule has 3 rings (SSSR count). The predicted octanol–water partition coefficient (Wildman–Crippen LogP) is 2.97. The van der Waals surface area contributed by atoms with Gasteiger partial charge in [0.15, 0.2) is 5.52 Å². The third-order valence-electron chi connectivity index (χ3n) is 3.53. The third kappa shape index (κ3) is 2.19. The molecule has 0 saturated heterocycles. The van der Waals surface area contributed by atoms with Crippen molar-refractivity contribution in [1.82, 2.24) is 4.73 Å². The molecule has 0 aliphatic carbocycles. The second-order valence-corrected chi connectivity index (χ2v) is 4.91. The Hall–Kier alpha value is -2.29. The summed E-state index contributed by atoms with van der Waals surface area (Å²) in [6, 6.07) is 18.3. The number of nitrogens with zero attached hydrogens (tertiary/aromatic N) is 2. The minimum atomic E-state index is 0.400. The van der Waals surface area contributed by atoms with E-state index in [1.165, 1.54) is 10.3 Å². The fourth-order valence-corrected chi connectivity index (χ4v) is 2.48. The third-order valence-corrected chi connectivity index (χ3v) is 3.53. The molecule has 3 heteroatoms.